The van der Waals surface area contributed by atoms with Crippen molar-refractivity contribution in [3.63, 3.8) is 0 Å². The minimum atomic E-state index is 0.214. The molecule has 5 heteroatoms. The van der Waals surface area contributed by atoms with Crippen LogP contribution in [-0.2, 0) is 4.79 Å². The van der Waals surface area contributed by atoms with Gasteiger partial charge in [0.15, 0.2) is 0 Å². The van der Waals surface area contributed by atoms with E-state index in [0.29, 0.717) is 23.9 Å². The number of aliphatic hydroxyl groups excluding tert-OH is 1. The summed E-state index contributed by atoms with van der Waals surface area (Å²) in [5.41, 5.74) is 0. The second-order valence-electron chi connectivity index (χ2n) is 6.63. The van der Waals surface area contributed by atoms with Gasteiger partial charge in [-0.05, 0) is 31.6 Å². The number of piperazine rings is 1. The average Bonchev–Trinajstić information content (AvgIpc) is 2.79. The predicted molar refractivity (Wildman–Crippen MR) is 77.4 cm³/mol. The number of nitrogens with one attached hydrogen (secondary N) is 1. The fourth-order valence-electron chi connectivity index (χ4n) is 4.08. The molecule has 3 aliphatic heterocycles. The van der Waals surface area contributed by atoms with Crippen LogP contribution in [0.25, 0.3) is 0 Å². The Morgan fingerprint density at radius 1 is 1.10 bits per heavy atom. The Kier molecular flexibility index (Phi) is 4.58. The van der Waals surface area contributed by atoms with Gasteiger partial charge in [0, 0.05) is 51.2 Å². The number of amides is 1. The number of fused-ring (bicyclic) bond motifs is 2. The zero-order valence-corrected chi connectivity index (χ0v) is 12.3. The van der Waals surface area contributed by atoms with Crippen LogP contribution in [0, 0.1) is 5.92 Å². The number of carbonyl (C=O) groups excluding carboxylic acids is 1. The summed E-state index contributed by atoms with van der Waals surface area (Å²) in [5, 5.41) is 12.6. The largest absolute Gasteiger partial charge is 0.395 e. The van der Waals surface area contributed by atoms with Crippen molar-refractivity contribution in [2.45, 2.75) is 44.2 Å². The van der Waals surface area contributed by atoms with Gasteiger partial charge in [0.05, 0.1) is 6.61 Å². The third-order valence-electron chi connectivity index (χ3n) is 5.18. The molecule has 0 spiro atoms. The molecule has 0 radical (unpaired) electrons. The fraction of sp³-hybridized carbons (Fsp3) is 0.933. The van der Waals surface area contributed by atoms with Crippen molar-refractivity contribution in [2.24, 2.45) is 5.92 Å². The molecule has 0 saturated carbocycles. The number of rotatable bonds is 4. The molecule has 0 aromatic heterocycles. The van der Waals surface area contributed by atoms with Crippen LogP contribution in [0.1, 0.15) is 32.1 Å². The third-order valence-corrected chi connectivity index (χ3v) is 5.18. The van der Waals surface area contributed by atoms with Crippen LogP contribution in [0.5, 0.6) is 0 Å². The second-order valence-corrected chi connectivity index (χ2v) is 6.63. The molecule has 1 amide bonds. The molecule has 3 rings (SSSR count). The second kappa shape index (κ2) is 6.41. The maximum absolute atomic E-state index is 12.4. The molecule has 2 bridgehead atoms. The van der Waals surface area contributed by atoms with E-state index in [0.717, 1.165) is 39.1 Å². The van der Waals surface area contributed by atoms with E-state index in [1.54, 1.807) is 0 Å². The van der Waals surface area contributed by atoms with Gasteiger partial charge in [-0.2, -0.15) is 0 Å². The number of piperidine rings is 1. The molecule has 0 aliphatic carbocycles. The monoisotopic (exact) mass is 281 g/mol. The molecule has 0 aromatic carbocycles. The maximum atomic E-state index is 12.4. The van der Waals surface area contributed by atoms with Crippen molar-refractivity contribution >= 4 is 5.91 Å². The molecule has 3 aliphatic rings. The Hall–Kier alpha value is -0.650. The zero-order valence-electron chi connectivity index (χ0n) is 12.3. The van der Waals surface area contributed by atoms with Crippen LogP contribution in [0.4, 0.5) is 0 Å². The van der Waals surface area contributed by atoms with E-state index in [1.807, 2.05) is 4.90 Å². The summed E-state index contributed by atoms with van der Waals surface area (Å²) in [4.78, 5) is 16.7. The van der Waals surface area contributed by atoms with Gasteiger partial charge < -0.3 is 15.3 Å². The molecule has 2 atom stereocenters. The third kappa shape index (κ3) is 3.32. The van der Waals surface area contributed by atoms with Gasteiger partial charge in [-0.25, -0.2) is 0 Å². The number of nitrogens with zero attached hydrogens (tertiary/aromatic N) is 2. The summed E-state index contributed by atoms with van der Waals surface area (Å²) in [6.07, 6.45) is 5.72. The molecule has 0 aromatic rings. The molecule has 5 nitrogen and oxygen atoms in total. The normalized spacial score (nSPS) is 34.5. The Labute approximate surface area is 121 Å². The highest BCUT2D eigenvalue weighted by molar-refractivity contribution is 5.76. The first-order chi connectivity index (χ1) is 9.74. The summed E-state index contributed by atoms with van der Waals surface area (Å²) < 4.78 is 0. The smallest absolute Gasteiger partial charge is 0.222 e. The zero-order chi connectivity index (χ0) is 13.9. The first-order valence-electron chi connectivity index (χ1n) is 8.11. The lowest BCUT2D eigenvalue weighted by Crippen LogP contribution is -2.50. The van der Waals surface area contributed by atoms with E-state index >= 15 is 0 Å². The minimum absolute atomic E-state index is 0.214. The fourth-order valence-corrected chi connectivity index (χ4v) is 4.08. The SMILES string of the molecule is O=C(CC1CC2CCC(C1)N2)N1CCN(CCO)CC1. The highest BCUT2D eigenvalue weighted by Crippen LogP contribution is 2.33. The van der Waals surface area contributed by atoms with Gasteiger partial charge in [0.1, 0.15) is 0 Å². The number of hydrogen-bond donors (Lipinski definition) is 2. The van der Waals surface area contributed by atoms with Crippen molar-refractivity contribution in [3.05, 3.63) is 0 Å². The van der Waals surface area contributed by atoms with E-state index < -0.39 is 0 Å². The predicted octanol–water partition coefficient (Wildman–Crippen LogP) is 0.0436. The molecular formula is C15H27N3O2. The van der Waals surface area contributed by atoms with Crippen LogP contribution >= 0.6 is 0 Å². The van der Waals surface area contributed by atoms with Crippen molar-refractivity contribution in [3.8, 4) is 0 Å². The van der Waals surface area contributed by atoms with Crippen molar-refractivity contribution in [2.75, 3.05) is 39.3 Å². The lowest BCUT2D eigenvalue weighted by atomic mass is 9.89. The number of hydrogen-bond acceptors (Lipinski definition) is 4. The van der Waals surface area contributed by atoms with Crippen LogP contribution < -0.4 is 5.32 Å². The first kappa shape index (κ1) is 14.3. The topological polar surface area (TPSA) is 55.8 Å². The molecular weight excluding hydrogens is 254 g/mol. The van der Waals surface area contributed by atoms with E-state index in [1.165, 1.54) is 25.7 Å². The van der Waals surface area contributed by atoms with E-state index in [4.69, 9.17) is 5.11 Å². The van der Waals surface area contributed by atoms with Gasteiger partial charge in [0.25, 0.3) is 0 Å². The van der Waals surface area contributed by atoms with Crippen LogP contribution in [0.2, 0.25) is 0 Å². The first-order valence-corrected chi connectivity index (χ1v) is 8.11. The molecule has 20 heavy (non-hydrogen) atoms. The lowest BCUT2D eigenvalue weighted by molar-refractivity contribution is -0.134. The average molecular weight is 281 g/mol. The van der Waals surface area contributed by atoms with Gasteiger partial charge >= 0.3 is 0 Å². The van der Waals surface area contributed by atoms with Crippen LogP contribution in [0.3, 0.4) is 0 Å². The summed E-state index contributed by atoms with van der Waals surface area (Å²) in [6.45, 7) is 4.42. The van der Waals surface area contributed by atoms with E-state index in [9.17, 15) is 4.79 Å². The molecule has 114 valence electrons. The molecule has 3 fully saturated rings. The highest BCUT2D eigenvalue weighted by atomic mass is 16.3. The molecule has 3 heterocycles. The van der Waals surface area contributed by atoms with E-state index in [2.05, 4.69) is 10.2 Å². The quantitative estimate of drug-likeness (QED) is 0.764. The molecule has 2 unspecified atom stereocenters. The van der Waals surface area contributed by atoms with Crippen molar-refractivity contribution in [1.82, 2.24) is 15.1 Å². The molecule has 2 N–H and O–H groups in total. The van der Waals surface area contributed by atoms with Crippen molar-refractivity contribution in [1.29, 1.82) is 0 Å². The summed E-state index contributed by atoms with van der Waals surface area (Å²) >= 11 is 0. The summed E-state index contributed by atoms with van der Waals surface area (Å²) in [7, 11) is 0. The van der Waals surface area contributed by atoms with Gasteiger partial charge in [0.2, 0.25) is 5.91 Å². The van der Waals surface area contributed by atoms with Crippen LogP contribution in [-0.4, -0.2) is 72.2 Å². The number of β-amino-alcohol motifs (C(OH)–C–C–N with tert-alkyl or cyclic N) is 1. The van der Waals surface area contributed by atoms with Crippen molar-refractivity contribution < 1.29 is 9.90 Å². The Morgan fingerprint density at radius 2 is 1.75 bits per heavy atom. The van der Waals surface area contributed by atoms with E-state index in [-0.39, 0.29) is 6.61 Å². The minimum Gasteiger partial charge on any atom is -0.395 e. The van der Waals surface area contributed by atoms with Crippen LogP contribution in [0.15, 0.2) is 0 Å². The Bertz CT molecular complexity index is 330. The standard InChI is InChI=1S/C15H27N3O2/c19-8-7-17-3-5-18(6-4-17)15(20)11-12-9-13-1-2-14(10-12)16-13/h12-14,16,19H,1-11H2. The molecule has 3 saturated heterocycles. The number of carbonyl (C=O) groups is 1. The Balaban J connectivity index is 1.43. The highest BCUT2D eigenvalue weighted by Gasteiger charge is 2.35. The van der Waals surface area contributed by atoms with Gasteiger partial charge in [-0.3, -0.25) is 9.69 Å². The lowest BCUT2D eigenvalue weighted by Gasteiger charge is -2.36. The maximum Gasteiger partial charge on any atom is 0.222 e. The Morgan fingerprint density at radius 3 is 2.35 bits per heavy atom. The van der Waals surface area contributed by atoms with Gasteiger partial charge in [-0.1, -0.05) is 0 Å². The summed E-state index contributed by atoms with van der Waals surface area (Å²) in [6, 6.07) is 1.35. The summed E-state index contributed by atoms with van der Waals surface area (Å²) in [5.74, 6) is 0.941. The number of aliphatic hydroxyl groups is 1. The van der Waals surface area contributed by atoms with Gasteiger partial charge in [-0.15, -0.1) is 0 Å².